The highest BCUT2D eigenvalue weighted by molar-refractivity contribution is 7.18. The van der Waals surface area contributed by atoms with E-state index in [0.29, 0.717) is 18.2 Å². The van der Waals surface area contributed by atoms with Gasteiger partial charge in [-0.2, -0.15) is 0 Å². The van der Waals surface area contributed by atoms with E-state index < -0.39 is 0 Å². The normalized spacial score (nSPS) is 19.7. The van der Waals surface area contributed by atoms with E-state index in [1.165, 1.54) is 9.71 Å². The number of nitrogens with zero attached hydrogens (tertiary/aromatic N) is 3. The molecule has 0 saturated carbocycles. The van der Waals surface area contributed by atoms with Crippen molar-refractivity contribution in [3.63, 3.8) is 0 Å². The summed E-state index contributed by atoms with van der Waals surface area (Å²) in [6, 6.07) is 14.0. The molecule has 7 heteroatoms. The molecule has 0 spiro atoms. The SMILES string of the molecule is COc1ccc(C)cc1N1C[C@@H](C(=O)N2CCC(c3nc4ccccc4s3)CC2)CC1=O. The van der Waals surface area contributed by atoms with Gasteiger partial charge in [-0.1, -0.05) is 18.2 Å². The minimum Gasteiger partial charge on any atom is -0.495 e. The van der Waals surface area contributed by atoms with Crippen molar-refractivity contribution in [3.8, 4) is 5.75 Å². The molecule has 1 atom stereocenters. The fraction of sp³-hybridized carbons (Fsp3) is 0.400. The number of hydrogen-bond donors (Lipinski definition) is 0. The third-order valence-electron chi connectivity index (χ3n) is 6.57. The number of methoxy groups -OCH3 is 1. The maximum Gasteiger partial charge on any atom is 0.228 e. The largest absolute Gasteiger partial charge is 0.495 e. The Balaban J connectivity index is 1.24. The van der Waals surface area contributed by atoms with E-state index in [1.807, 2.05) is 42.2 Å². The first kappa shape index (κ1) is 20.9. The summed E-state index contributed by atoms with van der Waals surface area (Å²) in [5.74, 6) is 0.835. The minimum atomic E-state index is -0.299. The number of amides is 2. The Kier molecular flexibility index (Phi) is 5.59. The molecule has 1 aromatic heterocycles. The van der Waals surface area contributed by atoms with Gasteiger partial charge in [-0.15, -0.1) is 11.3 Å². The van der Waals surface area contributed by atoms with Crippen molar-refractivity contribution in [2.45, 2.75) is 32.1 Å². The van der Waals surface area contributed by atoms with Crippen molar-refractivity contribution < 1.29 is 14.3 Å². The molecule has 32 heavy (non-hydrogen) atoms. The molecular formula is C25H27N3O3S. The number of carbonyl (C=O) groups excluding carboxylic acids is 2. The van der Waals surface area contributed by atoms with Crippen LogP contribution in [0, 0.1) is 12.8 Å². The second kappa shape index (κ2) is 8.54. The highest BCUT2D eigenvalue weighted by Crippen LogP contribution is 2.36. The van der Waals surface area contributed by atoms with Crippen LogP contribution >= 0.6 is 11.3 Å². The number of para-hydroxylation sites is 1. The van der Waals surface area contributed by atoms with E-state index in [-0.39, 0.29) is 24.2 Å². The molecule has 3 aromatic rings. The number of thiazole rings is 1. The minimum absolute atomic E-state index is 0.0170. The molecule has 3 heterocycles. The first-order valence-electron chi connectivity index (χ1n) is 11.1. The number of ether oxygens (including phenoxy) is 1. The van der Waals surface area contributed by atoms with Crippen LogP contribution in [0.4, 0.5) is 5.69 Å². The van der Waals surface area contributed by atoms with Crippen LogP contribution in [0.2, 0.25) is 0 Å². The lowest BCUT2D eigenvalue weighted by atomic mass is 9.96. The van der Waals surface area contributed by atoms with Crippen LogP contribution in [-0.2, 0) is 9.59 Å². The Hall–Kier alpha value is -2.93. The van der Waals surface area contributed by atoms with Crippen LogP contribution in [0.1, 0.15) is 35.8 Å². The lowest BCUT2D eigenvalue weighted by Gasteiger charge is -2.32. The van der Waals surface area contributed by atoms with Gasteiger partial charge in [0.25, 0.3) is 0 Å². The Bertz CT molecular complexity index is 1130. The lowest BCUT2D eigenvalue weighted by Crippen LogP contribution is -2.42. The number of carbonyl (C=O) groups is 2. The summed E-state index contributed by atoms with van der Waals surface area (Å²) in [6.45, 7) is 3.84. The Morgan fingerprint density at radius 2 is 1.94 bits per heavy atom. The molecule has 5 rings (SSSR count). The monoisotopic (exact) mass is 449 g/mol. The fourth-order valence-corrected chi connectivity index (χ4v) is 5.92. The molecule has 0 aliphatic carbocycles. The topological polar surface area (TPSA) is 62.7 Å². The number of aryl methyl sites for hydroxylation is 1. The number of hydrogen-bond acceptors (Lipinski definition) is 5. The number of piperidine rings is 1. The molecular weight excluding hydrogens is 422 g/mol. The summed E-state index contributed by atoms with van der Waals surface area (Å²) < 4.78 is 6.67. The van der Waals surface area contributed by atoms with E-state index >= 15 is 0 Å². The molecule has 6 nitrogen and oxygen atoms in total. The zero-order valence-electron chi connectivity index (χ0n) is 18.4. The van der Waals surface area contributed by atoms with Gasteiger partial charge in [-0.25, -0.2) is 4.98 Å². The standard InChI is InChI=1S/C25H27N3O3S/c1-16-7-8-21(31-2)20(13-16)28-15-18(14-23(28)29)25(30)27-11-9-17(10-12-27)24-26-19-5-3-4-6-22(19)32-24/h3-8,13,17-18H,9-12,14-15H2,1-2H3/t18-/m0/s1. The van der Waals surface area contributed by atoms with Gasteiger partial charge in [0.15, 0.2) is 0 Å². The quantitative estimate of drug-likeness (QED) is 0.593. The number of aromatic nitrogens is 1. The van der Waals surface area contributed by atoms with Gasteiger partial charge in [0.1, 0.15) is 5.75 Å². The summed E-state index contributed by atoms with van der Waals surface area (Å²) in [5, 5.41) is 1.17. The van der Waals surface area contributed by atoms with Gasteiger partial charge < -0.3 is 14.5 Å². The number of likely N-dealkylation sites (tertiary alicyclic amines) is 1. The summed E-state index contributed by atoms with van der Waals surface area (Å²) in [4.78, 5) is 34.5. The Morgan fingerprint density at radius 1 is 1.16 bits per heavy atom. The van der Waals surface area contributed by atoms with Crippen molar-refractivity contribution in [2.24, 2.45) is 5.92 Å². The summed E-state index contributed by atoms with van der Waals surface area (Å²) in [5.41, 5.74) is 2.87. The van der Waals surface area contributed by atoms with E-state index in [0.717, 1.165) is 42.7 Å². The first-order chi connectivity index (χ1) is 15.5. The maximum absolute atomic E-state index is 13.2. The van der Waals surface area contributed by atoms with E-state index in [1.54, 1.807) is 23.3 Å². The van der Waals surface area contributed by atoms with Gasteiger partial charge >= 0.3 is 0 Å². The average Bonchev–Trinajstić information content (AvgIpc) is 3.42. The first-order valence-corrected chi connectivity index (χ1v) is 11.9. The molecule has 0 N–H and O–H groups in total. The van der Waals surface area contributed by atoms with Gasteiger partial charge in [0.05, 0.1) is 33.9 Å². The van der Waals surface area contributed by atoms with Crippen LogP contribution in [0.5, 0.6) is 5.75 Å². The Labute approximate surface area is 191 Å². The van der Waals surface area contributed by atoms with Gasteiger partial charge in [0.2, 0.25) is 11.8 Å². The van der Waals surface area contributed by atoms with E-state index in [9.17, 15) is 9.59 Å². The predicted molar refractivity (Wildman–Crippen MR) is 126 cm³/mol. The van der Waals surface area contributed by atoms with Crippen molar-refractivity contribution in [1.29, 1.82) is 0 Å². The molecule has 2 aromatic carbocycles. The van der Waals surface area contributed by atoms with E-state index in [2.05, 4.69) is 12.1 Å². The van der Waals surface area contributed by atoms with E-state index in [4.69, 9.17) is 9.72 Å². The third kappa shape index (κ3) is 3.86. The van der Waals surface area contributed by atoms with Gasteiger partial charge in [-0.3, -0.25) is 9.59 Å². The molecule has 0 unspecified atom stereocenters. The van der Waals surface area contributed by atoms with Crippen molar-refractivity contribution in [2.75, 3.05) is 31.6 Å². The Morgan fingerprint density at radius 3 is 2.69 bits per heavy atom. The number of benzene rings is 2. The zero-order chi connectivity index (χ0) is 22.2. The van der Waals surface area contributed by atoms with Gasteiger partial charge in [-0.05, 0) is 49.6 Å². The summed E-state index contributed by atoms with van der Waals surface area (Å²) >= 11 is 1.76. The average molecular weight is 450 g/mol. The van der Waals surface area contributed by atoms with Crippen molar-refractivity contribution in [1.82, 2.24) is 9.88 Å². The highest BCUT2D eigenvalue weighted by Gasteiger charge is 2.39. The van der Waals surface area contributed by atoms with Gasteiger partial charge in [0, 0.05) is 32.0 Å². The number of anilines is 1. The van der Waals surface area contributed by atoms with Crippen LogP contribution < -0.4 is 9.64 Å². The van der Waals surface area contributed by atoms with Crippen molar-refractivity contribution >= 4 is 39.1 Å². The second-order valence-corrected chi connectivity index (χ2v) is 9.76. The number of fused-ring (bicyclic) bond motifs is 1. The predicted octanol–water partition coefficient (Wildman–Crippen LogP) is 4.37. The molecule has 2 aliphatic rings. The molecule has 166 valence electrons. The lowest BCUT2D eigenvalue weighted by molar-refractivity contribution is -0.136. The van der Waals surface area contributed by atoms with Crippen LogP contribution in [0.3, 0.4) is 0 Å². The highest BCUT2D eigenvalue weighted by atomic mass is 32.1. The molecule has 2 fully saturated rings. The molecule has 0 radical (unpaired) electrons. The second-order valence-electron chi connectivity index (χ2n) is 8.70. The zero-order valence-corrected chi connectivity index (χ0v) is 19.2. The van der Waals surface area contributed by atoms with Crippen LogP contribution in [0.25, 0.3) is 10.2 Å². The molecule has 0 bridgehead atoms. The van der Waals surface area contributed by atoms with Crippen LogP contribution in [0.15, 0.2) is 42.5 Å². The van der Waals surface area contributed by atoms with Crippen molar-refractivity contribution in [3.05, 3.63) is 53.0 Å². The molecule has 2 saturated heterocycles. The third-order valence-corrected chi connectivity index (χ3v) is 7.76. The summed E-state index contributed by atoms with van der Waals surface area (Å²) in [6.07, 6.45) is 2.09. The fourth-order valence-electron chi connectivity index (χ4n) is 4.79. The van der Waals surface area contributed by atoms with Crippen LogP contribution in [-0.4, -0.2) is 48.4 Å². The summed E-state index contributed by atoms with van der Waals surface area (Å²) in [7, 11) is 1.60. The number of rotatable bonds is 4. The molecule has 2 aliphatic heterocycles. The smallest absolute Gasteiger partial charge is 0.228 e. The molecule has 2 amide bonds. The maximum atomic E-state index is 13.2.